The molecule has 7 aromatic carbocycles. The zero-order valence-electron chi connectivity index (χ0n) is 26.2. The first-order chi connectivity index (χ1) is 23.8. The Morgan fingerprint density at radius 3 is 0.958 bits per heavy atom. The van der Waals surface area contributed by atoms with E-state index in [1.165, 1.54) is 11.1 Å². The minimum absolute atomic E-state index is 0.630. The van der Waals surface area contributed by atoms with E-state index in [1.54, 1.807) is 0 Å². The summed E-state index contributed by atoms with van der Waals surface area (Å²) in [4.78, 5) is 15.4. The highest BCUT2D eigenvalue weighted by atomic mass is 15.0. The Morgan fingerprint density at radius 1 is 0.208 bits per heavy atom. The number of nitrogens with zero attached hydrogens (tertiary/aromatic N) is 3. The van der Waals surface area contributed by atoms with Crippen LogP contribution < -0.4 is 0 Å². The average Bonchev–Trinajstić information content (AvgIpc) is 3.19. The van der Waals surface area contributed by atoms with Gasteiger partial charge in [0.05, 0.1) is 0 Å². The van der Waals surface area contributed by atoms with Gasteiger partial charge in [0.1, 0.15) is 0 Å². The second-order valence-electron chi connectivity index (χ2n) is 11.7. The van der Waals surface area contributed by atoms with Gasteiger partial charge in [0.25, 0.3) is 0 Å². The Morgan fingerprint density at radius 2 is 0.521 bits per heavy atom. The first kappa shape index (κ1) is 29.0. The van der Waals surface area contributed by atoms with Crippen molar-refractivity contribution in [2.45, 2.75) is 0 Å². The maximum atomic E-state index is 5.17. The molecule has 3 nitrogen and oxygen atoms in total. The fourth-order valence-electron chi connectivity index (χ4n) is 6.05. The molecule has 0 aliphatic rings. The Balaban J connectivity index is 1.30. The fourth-order valence-corrected chi connectivity index (χ4v) is 6.05. The van der Waals surface area contributed by atoms with Crippen molar-refractivity contribution >= 4 is 0 Å². The molecule has 0 N–H and O–H groups in total. The number of benzene rings is 7. The van der Waals surface area contributed by atoms with Crippen molar-refractivity contribution in [3.8, 4) is 78.7 Å². The normalized spacial score (nSPS) is 10.9. The summed E-state index contributed by atoms with van der Waals surface area (Å²) in [7, 11) is 0. The molecule has 0 amide bonds. The summed E-state index contributed by atoms with van der Waals surface area (Å²) in [6.45, 7) is 0. The van der Waals surface area contributed by atoms with E-state index in [2.05, 4.69) is 164 Å². The molecule has 0 fully saturated rings. The Bertz CT molecular complexity index is 2180. The minimum atomic E-state index is 0.630. The Hall–Kier alpha value is -6.45. The summed E-state index contributed by atoms with van der Waals surface area (Å²) in [5.74, 6) is 1.89. The van der Waals surface area contributed by atoms with Crippen molar-refractivity contribution < 1.29 is 0 Å². The monoisotopic (exact) mass is 613 g/mol. The van der Waals surface area contributed by atoms with E-state index >= 15 is 0 Å². The summed E-state index contributed by atoms with van der Waals surface area (Å²) in [5, 5.41) is 0. The maximum absolute atomic E-state index is 5.17. The smallest absolute Gasteiger partial charge is 0.164 e. The molecule has 3 heteroatoms. The highest BCUT2D eigenvalue weighted by molar-refractivity contribution is 5.86. The van der Waals surface area contributed by atoms with Crippen LogP contribution in [0.1, 0.15) is 0 Å². The minimum Gasteiger partial charge on any atom is -0.208 e. The number of rotatable bonds is 7. The lowest BCUT2D eigenvalue weighted by molar-refractivity contribution is 1.07. The molecule has 0 saturated carbocycles. The molecule has 0 unspecified atom stereocenters. The summed E-state index contributed by atoms with van der Waals surface area (Å²) in [5.41, 5.74) is 11.9. The van der Waals surface area contributed by atoms with Gasteiger partial charge < -0.3 is 0 Å². The molecule has 0 atom stereocenters. The highest BCUT2D eigenvalue weighted by Gasteiger charge is 2.17. The van der Waals surface area contributed by atoms with E-state index in [0.29, 0.717) is 17.5 Å². The van der Waals surface area contributed by atoms with Crippen molar-refractivity contribution in [1.82, 2.24) is 15.0 Å². The highest BCUT2D eigenvalue weighted by Crippen LogP contribution is 2.36. The summed E-state index contributed by atoms with van der Waals surface area (Å²) >= 11 is 0. The van der Waals surface area contributed by atoms with E-state index in [4.69, 9.17) is 15.0 Å². The van der Waals surface area contributed by atoms with Crippen LogP contribution in [0, 0.1) is 0 Å². The van der Waals surface area contributed by atoms with Crippen molar-refractivity contribution in [3.05, 3.63) is 188 Å². The molecule has 226 valence electrons. The van der Waals surface area contributed by atoms with Gasteiger partial charge >= 0.3 is 0 Å². The zero-order valence-corrected chi connectivity index (χ0v) is 26.2. The van der Waals surface area contributed by atoms with E-state index < -0.39 is 0 Å². The van der Waals surface area contributed by atoms with Gasteiger partial charge in [0.2, 0.25) is 0 Å². The lowest BCUT2D eigenvalue weighted by Crippen LogP contribution is -2.01. The molecule has 48 heavy (non-hydrogen) atoms. The second-order valence-corrected chi connectivity index (χ2v) is 11.7. The third-order valence-corrected chi connectivity index (χ3v) is 8.59. The lowest BCUT2D eigenvalue weighted by Gasteiger charge is -2.14. The molecule has 0 saturated heterocycles. The summed E-state index contributed by atoms with van der Waals surface area (Å²) in [6, 6.07) is 65.2. The first-order valence-electron chi connectivity index (χ1n) is 16.1. The van der Waals surface area contributed by atoms with Gasteiger partial charge in [-0.1, -0.05) is 182 Å². The van der Waals surface area contributed by atoms with E-state index in [-0.39, 0.29) is 0 Å². The third kappa shape index (κ3) is 6.05. The van der Waals surface area contributed by atoms with Crippen LogP contribution in [0.4, 0.5) is 0 Å². The molecule has 0 bridgehead atoms. The van der Waals surface area contributed by atoms with Gasteiger partial charge in [-0.15, -0.1) is 0 Å². The lowest BCUT2D eigenvalue weighted by atomic mass is 9.94. The van der Waals surface area contributed by atoms with Crippen LogP contribution in [0.2, 0.25) is 0 Å². The summed E-state index contributed by atoms with van der Waals surface area (Å²) in [6.07, 6.45) is 0. The standard InChI is InChI=1S/C45H31N3/c1-5-13-32(14-6-1)35-21-25-38(26-22-35)43-46-44(39-27-23-36(24-28-39)33-15-7-2-8-16-33)48-45(47-43)42-31-40(34-17-9-3-10-18-34)29-30-41(42)37-19-11-4-12-20-37/h1-31H. The Kier molecular flexibility index (Phi) is 7.92. The molecule has 1 aromatic heterocycles. The van der Waals surface area contributed by atoms with Crippen LogP contribution >= 0.6 is 0 Å². The van der Waals surface area contributed by atoms with Crippen molar-refractivity contribution in [2.75, 3.05) is 0 Å². The maximum Gasteiger partial charge on any atom is 0.164 e. The van der Waals surface area contributed by atoms with Gasteiger partial charge in [0.15, 0.2) is 17.5 Å². The number of hydrogen-bond donors (Lipinski definition) is 0. The average molecular weight is 614 g/mol. The molecular formula is C45H31N3. The van der Waals surface area contributed by atoms with Crippen LogP contribution in [0.15, 0.2) is 188 Å². The molecule has 0 radical (unpaired) electrons. The number of aromatic nitrogens is 3. The molecule has 0 aliphatic carbocycles. The van der Waals surface area contributed by atoms with Gasteiger partial charge in [-0.05, 0) is 50.6 Å². The molecular weight excluding hydrogens is 583 g/mol. The molecule has 8 rings (SSSR count). The van der Waals surface area contributed by atoms with Gasteiger partial charge in [-0.3, -0.25) is 0 Å². The van der Waals surface area contributed by atoms with Crippen LogP contribution in [-0.2, 0) is 0 Å². The SMILES string of the molecule is c1ccc(-c2ccc(-c3nc(-c4ccc(-c5ccccc5)cc4)nc(-c4cc(-c5ccccc5)ccc4-c4ccccc4)n3)cc2)cc1. The summed E-state index contributed by atoms with van der Waals surface area (Å²) < 4.78 is 0. The molecule has 1 heterocycles. The molecule has 8 aromatic rings. The van der Waals surface area contributed by atoms with Crippen LogP contribution in [0.25, 0.3) is 78.7 Å². The molecule has 0 aliphatic heterocycles. The van der Waals surface area contributed by atoms with Gasteiger partial charge in [-0.2, -0.15) is 0 Å². The predicted molar refractivity (Wildman–Crippen MR) is 198 cm³/mol. The second kappa shape index (κ2) is 13.1. The molecule has 0 spiro atoms. The van der Waals surface area contributed by atoms with Gasteiger partial charge in [-0.25, -0.2) is 15.0 Å². The van der Waals surface area contributed by atoms with E-state index in [9.17, 15) is 0 Å². The van der Waals surface area contributed by atoms with E-state index in [1.807, 2.05) is 24.3 Å². The number of hydrogen-bond acceptors (Lipinski definition) is 3. The van der Waals surface area contributed by atoms with Crippen LogP contribution in [0.5, 0.6) is 0 Å². The van der Waals surface area contributed by atoms with Crippen molar-refractivity contribution in [1.29, 1.82) is 0 Å². The largest absolute Gasteiger partial charge is 0.208 e. The third-order valence-electron chi connectivity index (χ3n) is 8.59. The van der Waals surface area contributed by atoms with Crippen molar-refractivity contribution in [2.24, 2.45) is 0 Å². The zero-order chi connectivity index (χ0) is 32.1. The topological polar surface area (TPSA) is 38.7 Å². The predicted octanol–water partition coefficient (Wildman–Crippen LogP) is 11.5. The fraction of sp³-hybridized carbons (Fsp3) is 0. The van der Waals surface area contributed by atoms with E-state index in [0.717, 1.165) is 50.1 Å². The van der Waals surface area contributed by atoms with Crippen LogP contribution in [-0.4, -0.2) is 15.0 Å². The first-order valence-corrected chi connectivity index (χ1v) is 16.1. The Labute approximate surface area is 280 Å². The van der Waals surface area contributed by atoms with Crippen molar-refractivity contribution in [3.63, 3.8) is 0 Å². The van der Waals surface area contributed by atoms with Gasteiger partial charge in [0, 0.05) is 16.7 Å². The quantitative estimate of drug-likeness (QED) is 0.179. The van der Waals surface area contributed by atoms with Crippen LogP contribution in [0.3, 0.4) is 0 Å².